The quantitative estimate of drug-likeness (QED) is 0.131. The molecule has 4 heterocycles. The molecule has 276 valence electrons. The molecule has 4 aliphatic heterocycles. The number of aliphatic hydroxyl groups excluding tert-OH is 1. The Kier molecular flexibility index (Phi) is 15.1. The van der Waals surface area contributed by atoms with Crippen LogP contribution in [0.25, 0.3) is 0 Å². The van der Waals surface area contributed by atoms with E-state index in [1.807, 2.05) is 25.2 Å². The smallest absolute Gasteiger partial charge is 0.330 e. The maximum absolute atomic E-state index is 13.1. The maximum atomic E-state index is 13.1. The van der Waals surface area contributed by atoms with E-state index in [2.05, 4.69) is 20.4 Å². The van der Waals surface area contributed by atoms with E-state index in [-0.39, 0.29) is 61.2 Å². The van der Waals surface area contributed by atoms with Gasteiger partial charge in [0.2, 0.25) is 0 Å². The maximum Gasteiger partial charge on any atom is 0.330 e. The summed E-state index contributed by atoms with van der Waals surface area (Å²) in [6.45, 7) is 10.2. The summed E-state index contributed by atoms with van der Waals surface area (Å²) in [6, 6.07) is 0. The van der Waals surface area contributed by atoms with Gasteiger partial charge in [-0.15, -0.1) is 6.58 Å². The van der Waals surface area contributed by atoms with Crippen molar-refractivity contribution in [2.75, 3.05) is 20.3 Å². The predicted octanol–water partition coefficient (Wildman–Crippen LogP) is 6.48. The monoisotopic (exact) mass is 688 g/mol. The van der Waals surface area contributed by atoms with Crippen molar-refractivity contribution in [1.29, 1.82) is 0 Å². The lowest BCUT2D eigenvalue weighted by Crippen LogP contribution is -2.50. The van der Waals surface area contributed by atoms with Crippen molar-refractivity contribution < 1.29 is 47.9 Å². The number of ether oxygens (including phenoxy) is 6. The second-order valence-corrected chi connectivity index (χ2v) is 15.2. The second-order valence-electron chi connectivity index (χ2n) is 15.2. The first-order chi connectivity index (χ1) is 23.4. The number of aliphatic hydroxyl groups is 1. The minimum absolute atomic E-state index is 0.0287. The van der Waals surface area contributed by atoms with Crippen LogP contribution in [0.15, 0.2) is 36.5 Å². The molecule has 4 rings (SSSR count). The third kappa shape index (κ3) is 12.1. The van der Waals surface area contributed by atoms with Crippen molar-refractivity contribution in [1.82, 2.24) is 0 Å². The number of carbonyl (C=O) groups is 3. The average Bonchev–Trinajstić information content (AvgIpc) is 3.05. The Morgan fingerprint density at radius 3 is 2.53 bits per heavy atom. The van der Waals surface area contributed by atoms with Crippen LogP contribution < -0.4 is 0 Å². The van der Waals surface area contributed by atoms with Gasteiger partial charge in [-0.1, -0.05) is 31.6 Å². The van der Waals surface area contributed by atoms with Gasteiger partial charge in [-0.05, 0) is 83.1 Å². The van der Waals surface area contributed by atoms with E-state index >= 15 is 0 Å². The van der Waals surface area contributed by atoms with Crippen molar-refractivity contribution in [2.24, 2.45) is 11.3 Å². The van der Waals surface area contributed by atoms with Crippen LogP contribution in [0.4, 0.5) is 0 Å². The third-order valence-electron chi connectivity index (χ3n) is 10.7. The summed E-state index contributed by atoms with van der Waals surface area (Å²) in [6.07, 6.45) is 15.6. The Balaban J connectivity index is 1.60. The van der Waals surface area contributed by atoms with Gasteiger partial charge in [0.25, 0.3) is 0 Å². The molecule has 10 nitrogen and oxygen atoms in total. The van der Waals surface area contributed by atoms with E-state index in [4.69, 9.17) is 28.4 Å². The summed E-state index contributed by atoms with van der Waals surface area (Å²) in [5.74, 6) is -0.816. The highest BCUT2D eigenvalue weighted by molar-refractivity contribution is 5.82. The van der Waals surface area contributed by atoms with Gasteiger partial charge in [-0.2, -0.15) is 0 Å². The summed E-state index contributed by atoms with van der Waals surface area (Å²) in [5, 5.41) is 10.3. The van der Waals surface area contributed by atoms with Gasteiger partial charge in [-0.25, -0.2) is 4.79 Å². The van der Waals surface area contributed by atoms with Crippen molar-refractivity contribution in [3.63, 3.8) is 0 Å². The fourth-order valence-corrected chi connectivity index (χ4v) is 7.64. The summed E-state index contributed by atoms with van der Waals surface area (Å²) in [5.41, 5.74) is -0.406. The van der Waals surface area contributed by atoms with E-state index in [1.54, 1.807) is 6.08 Å². The summed E-state index contributed by atoms with van der Waals surface area (Å²) >= 11 is 0. The van der Waals surface area contributed by atoms with Crippen LogP contribution >= 0.6 is 0 Å². The molecule has 10 heteroatoms. The lowest BCUT2D eigenvalue weighted by atomic mass is 9.69. The van der Waals surface area contributed by atoms with E-state index in [1.165, 1.54) is 7.11 Å². The molecule has 0 aromatic rings. The lowest BCUT2D eigenvalue weighted by Gasteiger charge is -2.49. The molecule has 0 aromatic carbocycles. The van der Waals surface area contributed by atoms with Gasteiger partial charge in [0.05, 0.1) is 56.3 Å². The molecular formula is C39H60O10. The number of Topliss-reactive ketones (excluding diaryl/α,β-unsaturated/α-hetero) is 1. The molecule has 0 amide bonds. The van der Waals surface area contributed by atoms with Gasteiger partial charge in [0.15, 0.2) is 6.29 Å². The molecule has 0 radical (unpaired) electrons. The van der Waals surface area contributed by atoms with Gasteiger partial charge in [0, 0.05) is 43.8 Å². The van der Waals surface area contributed by atoms with Crippen LogP contribution in [-0.2, 0) is 42.8 Å². The molecule has 6 bridgehead atoms. The summed E-state index contributed by atoms with van der Waals surface area (Å²) in [7, 11) is 1.36. The molecule has 0 aliphatic carbocycles. The number of allylic oxidation sites excluding steroid dienone is 1. The summed E-state index contributed by atoms with van der Waals surface area (Å²) in [4.78, 5) is 38.2. The average molecular weight is 689 g/mol. The van der Waals surface area contributed by atoms with E-state index in [0.29, 0.717) is 51.6 Å². The molecule has 49 heavy (non-hydrogen) atoms. The molecule has 1 N–H and O–H groups in total. The second kappa shape index (κ2) is 18.7. The Morgan fingerprint density at radius 2 is 1.78 bits per heavy atom. The van der Waals surface area contributed by atoms with Crippen LogP contribution in [0, 0.1) is 11.3 Å². The molecule has 2 unspecified atom stereocenters. The molecule has 4 aliphatic rings. The zero-order valence-corrected chi connectivity index (χ0v) is 30.2. The van der Waals surface area contributed by atoms with E-state index in [0.717, 1.165) is 50.5 Å². The largest absolute Gasteiger partial charge is 0.466 e. The molecule has 8 atom stereocenters. The number of methoxy groups -OCH3 is 1. The highest BCUT2D eigenvalue weighted by atomic mass is 16.7. The third-order valence-corrected chi connectivity index (χ3v) is 10.7. The highest BCUT2D eigenvalue weighted by Crippen LogP contribution is 2.47. The van der Waals surface area contributed by atoms with Crippen LogP contribution in [0.2, 0.25) is 0 Å². The first-order valence-electron chi connectivity index (χ1n) is 18.4. The van der Waals surface area contributed by atoms with Crippen LogP contribution in [-0.4, -0.2) is 85.6 Å². The predicted molar refractivity (Wildman–Crippen MR) is 184 cm³/mol. The lowest BCUT2D eigenvalue weighted by molar-refractivity contribution is -0.230. The highest BCUT2D eigenvalue weighted by Gasteiger charge is 2.46. The number of rotatable bonds is 8. The Morgan fingerprint density at radius 1 is 1.00 bits per heavy atom. The topological polar surface area (TPSA) is 127 Å². The van der Waals surface area contributed by atoms with Crippen LogP contribution in [0.3, 0.4) is 0 Å². The fourth-order valence-electron chi connectivity index (χ4n) is 7.64. The number of esters is 2. The number of carbonyl (C=O) groups excluding carboxylic acids is 3. The summed E-state index contributed by atoms with van der Waals surface area (Å²) < 4.78 is 36.7. The Hall–Kier alpha value is -2.37. The molecule has 0 aromatic heterocycles. The first kappa shape index (κ1) is 39.4. The van der Waals surface area contributed by atoms with Gasteiger partial charge in [0.1, 0.15) is 5.78 Å². The molecule has 0 spiro atoms. The van der Waals surface area contributed by atoms with Crippen LogP contribution in [0.5, 0.6) is 0 Å². The van der Waals surface area contributed by atoms with E-state index in [9.17, 15) is 19.5 Å². The minimum Gasteiger partial charge on any atom is -0.466 e. The fraction of sp³-hybridized carbons (Fsp3) is 0.769. The normalized spacial score (nSPS) is 35.9. The number of hydrogen-bond acceptors (Lipinski definition) is 10. The molecule has 3 saturated heterocycles. The zero-order chi connectivity index (χ0) is 35.4. The van der Waals surface area contributed by atoms with Crippen molar-refractivity contribution >= 4 is 17.7 Å². The molecule has 0 saturated carbocycles. The number of fused-ring (bicyclic) bond motifs is 6. The Bertz CT molecular complexity index is 1180. The SMILES string of the molecule is C=CCCCOC(=O)C[C@H]1C[C@H]2C[C@H]3CCC[C@@H](CCCC(=O)CC(CO)CC4C/C(=C\C(=O)OC)C[C@@](C)(O4)C(C)(C)/C=C/[C@H](O2)O1)O3. The standard InChI is InChI=1S/C39H60O10/c1-6-7-8-17-45-36(43)24-33-23-32-22-31-14-10-13-30(46-31)12-9-11-29(41)18-28(26-40)20-34-19-27(21-35(42)44-5)25-39(4,49-34)38(2,3)16-15-37(47-32)48-33/h6,15-16,21,28,30-34,37,40H,1,7-14,17-20,22-26H2,2-5H3/b16-15+,27-21+/t28?,30-,31-,32-,33-,34?,37-,39-/m1/s1. The van der Waals surface area contributed by atoms with Crippen molar-refractivity contribution in [2.45, 2.75) is 159 Å². The minimum atomic E-state index is -0.745. The zero-order valence-electron chi connectivity index (χ0n) is 30.2. The Labute approximate surface area is 292 Å². The van der Waals surface area contributed by atoms with Crippen LogP contribution in [0.1, 0.15) is 117 Å². The van der Waals surface area contributed by atoms with Gasteiger partial charge < -0.3 is 33.5 Å². The van der Waals surface area contributed by atoms with Crippen molar-refractivity contribution in [3.05, 3.63) is 36.5 Å². The molecule has 3 fully saturated rings. The number of hydrogen-bond donors (Lipinski definition) is 1. The number of ketones is 1. The van der Waals surface area contributed by atoms with Crippen molar-refractivity contribution in [3.8, 4) is 0 Å². The van der Waals surface area contributed by atoms with Gasteiger partial charge >= 0.3 is 11.9 Å². The van der Waals surface area contributed by atoms with Gasteiger partial charge in [-0.3, -0.25) is 9.59 Å². The molecular weight excluding hydrogens is 628 g/mol. The van der Waals surface area contributed by atoms with E-state index < -0.39 is 23.3 Å². The first-order valence-corrected chi connectivity index (χ1v) is 18.4. The number of unbranched alkanes of at least 4 members (excludes halogenated alkanes) is 1.